The third-order valence-electron chi connectivity index (χ3n) is 3.48. The van der Waals surface area contributed by atoms with E-state index < -0.39 is 0 Å². The normalized spacial score (nSPS) is 17.4. The summed E-state index contributed by atoms with van der Waals surface area (Å²) in [6.45, 7) is 4.23. The van der Waals surface area contributed by atoms with E-state index in [-0.39, 0.29) is 0 Å². The first-order valence-electron chi connectivity index (χ1n) is 6.25. The number of nitrogens with one attached hydrogen (secondary N) is 1. The molecule has 1 N–H and O–H groups in total. The maximum Gasteiger partial charge on any atom is 0.229 e. The van der Waals surface area contributed by atoms with E-state index in [2.05, 4.69) is 27.4 Å². The van der Waals surface area contributed by atoms with E-state index in [1.165, 1.54) is 0 Å². The van der Waals surface area contributed by atoms with Crippen LogP contribution in [0.1, 0.15) is 30.1 Å². The molecule has 5 nitrogen and oxygen atoms in total. The van der Waals surface area contributed by atoms with Crippen LogP contribution in [-0.2, 0) is 6.42 Å². The second kappa shape index (κ2) is 4.86. The zero-order valence-electron chi connectivity index (χ0n) is 10.3. The number of rotatable bonds is 4. The van der Waals surface area contributed by atoms with Gasteiger partial charge < -0.3 is 9.84 Å². The molecular weight excluding hydrogens is 228 g/mol. The lowest BCUT2D eigenvalue weighted by Gasteiger charge is -2.30. The summed E-state index contributed by atoms with van der Waals surface area (Å²) < 4.78 is 5.35. The third kappa shape index (κ3) is 2.26. The summed E-state index contributed by atoms with van der Waals surface area (Å²) in [6.07, 6.45) is 4.26. The molecule has 0 spiro atoms. The smallest absolute Gasteiger partial charge is 0.229 e. The zero-order chi connectivity index (χ0) is 12.4. The SMILES string of the molecule is CC(c1nc(Cc2cccnc2)no1)C1CNC1. The van der Waals surface area contributed by atoms with Gasteiger partial charge in [0.2, 0.25) is 5.89 Å². The quantitative estimate of drug-likeness (QED) is 0.880. The van der Waals surface area contributed by atoms with Crippen molar-refractivity contribution in [1.82, 2.24) is 20.4 Å². The zero-order valence-corrected chi connectivity index (χ0v) is 10.3. The van der Waals surface area contributed by atoms with Crippen LogP contribution in [-0.4, -0.2) is 28.2 Å². The number of hydrogen-bond donors (Lipinski definition) is 1. The van der Waals surface area contributed by atoms with Crippen molar-refractivity contribution in [3.63, 3.8) is 0 Å². The van der Waals surface area contributed by atoms with Crippen molar-refractivity contribution >= 4 is 0 Å². The highest BCUT2D eigenvalue weighted by atomic mass is 16.5. The summed E-state index contributed by atoms with van der Waals surface area (Å²) in [5, 5.41) is 7.30. The van der Waals surface area contributed by atoms with Crippen molar-refractivity contribution in [2.45, 2.75) is 19.3 Å². The Morgan fingerprint density at radius 1 is 1.50 bits per heavy atom. The van der Waals surface area contributed by atoms with Crippen molar-refractivity contribution in [1.29, 1.82) is 0 Å². The van der Waals surface area contributed by atoms with Gasteiger partial charge in [-0.25, -0.2) is 0 Å². The van der Waals surface area contributed by atoms with Gasteiger partial charge in [0, 0.05) is 24.7 Å². The van der Waals surface area contributed by atoms with Crippen molar-refractivity contribution in [3.8, 4) is 0 Å². The molecule has 1 aliphatic rings. The Morgan fingerprint density at radius 2 is 2.39 bits per heavy atom. The molecule has 1 saturated heterocycles. The van der Waals surface area contributed by atoms with E-state index >= 15 is 0 Å². The van der Waals surface area contributed by atoms with Crippen LogP contribution in [0, 0.1) is 5.92 Å². The highest BCUT2D eigenvalue weighted by Crippen LogP contribution is 2.25. The average molecular weight is 244 g/mol. The summed E-state index contributed by atoms with van der Waals surface area (Å²) >= 11 is 0. The molecule has 5 heteroatoms. The van der Waals surface area contributed by atoms with Gasteiger partial charge in [-0.1, -0.05) is 18.1 Å². The maximum absolute atomic E-state index is 5.35. The highest BCUT2D eigenvalue weighted by Gasteiger charge is 2.28. The van der Waals surface area contributed by atoms with Crippen molar-refractivity contribution in [2.24, 2.45) is 5.92 Å². The Balaban J connectivity index is 1.69. The number of nitrogens with zero attached hydrogens (tertiary/aromatic N) is 3. The standard InChI is InChI=1S/C13H16N4O/c1-9(11-7-15-8-11)13-16-12(17-18-13)5-10-3-2-4-14-6-10/h2-4,6,9,11,15H,5,7-8H2,1H3. The highest BCUT2D eigenvalue weighted by molar-refractivity contribution is 5.14. The molecule has 0 bridgehead atoms. The monoisotopic (exact) mass is 244 g/mol. The van der Waals surface area contributed by atoms with Crippen LogP contribution in [0.5, 0.6) is 0 Å². The molecule has 3 rings (SSSR count). The van der Waals surface area contributed by atoms with Gasteiger partial charge in [-0.15, -0.1) is 0 Å². The van der Waals surface area contributed by atoms with Crippen molar-refractivity contribution < 1.29 is 4.52 Å². The summed E-state index contributed by atoms with van der Waals surface area (Å²) in [5.74, 6) is 2.44. The lowest BCUT2D eigenvalue weighted by molar-refractivity contribution is 0.252. The molecule has 1 unspecified atom stereocenters. The average Bonchev–Trinajstić information content (AvgIpc) is 2.76. The van der Waals surface area contributed by atoms with Crippen molar-refractivity contribution in [3.05, 3.63) is 41.8 Å². The van der Waals surface area contributed by atoms with Gasteiger partial charge in [0.25, 0.3) is 0 Å². The van der Waals surface area contributed by atoms with Gasteiger partial charge in [0.1, 0.15) is 0 Å². The minimum Gasteiger partial charge on any atom is -0.339 e. The van der Waals surface area contributed by atoms with Gasteiger partial charge in [0.05, 0.1) is 0 Å². The van der Waals surface area contributed by atoms with Crippen LogP contribution in [0.3, 0.4) is 0 Å². The molecule has 3 heterocycles. The van der Waals surface area contributed by atoms with Gasteiger partial charge in [0.15, 0.2) is 5.82 Å². The molecule has 1 atom stereocenters. The maximum atomic E-state index is 5.35. The van der Waals surface area contributed by atoms with Crippen LogP contribution < -0.4 is 5.32 Å². The molecular formula is C13H16N4O. The molecule has 0 amide bonds. The third-order valence-corrected chi connectivity index (χ3v) is 3.48. The first-order valence-corrected chi connectivity index (χ1v) is 6.25. The Morgan fingerprint density at radius 3 is 3.06 bits per heavy atom. The predicted octanol–water partition coefficient (Wildman–Crippen LogP) is 1.38. The van der Waals surface area contributed by atoms with Gasteiger partial charge >= 0.3 is 0 Å². The number of pyridine rings is 1. The van der Waals surface area contributed by atoms with E-state index in [0.717, 1.165) is 30.4 Å². The summed E-state index contributed by atoms with van der Waals surface area (Å²) in [7, 11) is 0. The number of aromatic nitrogens is 3. The van der Waals surface area contributed by atoms with E-state index in [1.54, 1.807) is 6.20 Å². The fourth-order valence-electron chi connectivity index (χ4n) is 2.08. The Kier molecular flexibility index (Phi) is 3.06. The molecule has 0 saturated carbocycles. The Labute approximate surface area is 106 Å². The minimum absolute atomic E-state index is 0.335. The number of hydrogen-bond acceptors (Lipinski definition) is 5. The molecule has 1 fully saturated rings. The van der Waals surface area contributed by atoms with Crippen LogP contribution in [0.25, 0.3) is 0 Å². The molecule has 18 heavy (non-hydrogen) atoms. The molecule has 1 aliphatic heterocycles. The summed E-state index contributed by atoms with van der Waals surface area (Å²) in [6, 6.07) is 3.93. The fourth-order valence-corrected chi connectivity index (χ4v) is 2.08. The van der Waals surface area contributed by atoms with E-state index in [1.807, 2.05) is 18.3 Å². The first kappa shape index (κ1) is 11.3. The van der Waals surface area contributed by atoms with Gasteiger partial charge in [-0.05, 0) is 30.6 Å². The van der Waals surface area contributed by atoms with Gasteiger partial charge in [-0.2, -0.15) is 4.98 Å². The van der Waals surface area contributed by atoms with Crippen LogP contribution >= 0.6 is 0 Å². The molecule has 0 radical (unpaired) electrons. The Bertz CT molecular complexity index is 507. The van der Waals surface area contributed by atoms with Gasteiger partial charge in [-0.3, -0.25) is 4.98 Å². The predicted molar refractivity (Wildman–Crippen MR) is 66.1 cm³/mol. The van der Waals surface area contributed by atoms with Crippen LogP contribution in [0.2, 0.25) is 0 Å². The lowest BCUT2D eigenvalue weighted by atomic mass is 9.89. The lowest BCUT2D eigenvalue weighted by Crippen LogP contribution is -2.44. The minimum atomic E-state index is 0.335. The Hall–Kier alpha value is -1.75. The van der Waals surface area contributed by atoms with E-state index in [0.29, 0.717) is 18.3 Å². The topological polar surface area (TPSA) is 63.8 Å². The molecule has 0 aromatic carbocycles. The largest absolute Gasteiger partial charge is 0.339 e. The molecule has 0 aliphatic carbocycles. The molecule has 2 aromatic heterocycles. The fraction of sp³-hybridized carbons (Fsp3) is 0.462. The van der Waals surface area contributed by atoms with E-state index in [4.69, 9.17) is 4.52 Å². The second-order valence-corrected chi connectivity index (χ2v) is 4.79. The molecule has 2 aromatic rings. The molecule has 94 valence electrons. The van der Waals surface area contributed by atoms with E-state index in [9.17, 15) is 0 Å². The van der Waals surface area contributed by atoms with Crippen LogP contribution in [0.15, 0.2) is 29.0 Å². The van der Waals surface area contributed by atoms with Crippen molar-refractivity contribution in [2.75, 3.05) is 13.1 Å². The van der Waals surface area contributed by atoms with Crippen LogP contribution in [0.4, 0.5) is 0 Å². The summed E-state index contributed by atoms with van der Waals surface area (Å²) in [5.41, 5.74) is 1.10. The summed E-state index contributed by atoms with van der Waals surface area (Å²) in [4.78, 5) is 8.55. The first-order chi connectivity index (χ1) is 8.83. The second-order valence-electron chi connectivity index (χ2n) is 4.79.